The van der Waals surface area contributed by atoms with Gasteiger partial charge in [-0.2, -0.15) is 5.10 Å². The third-order valence-electron chi connectivity index (χ3n) is 3.17. The molecule has 0 aliphatic carbocycles. The van der Waals surface area contributed by atoms with E-state index in [0.717, 1.165) is 11.3 Å². The molecule has 2 aromatic rings. The second-order valence-corrected chi connectivity index (χ2v) is 5.72. The number of rotatable bonds is 6. The number of carbonyl (C=O) groups excluding carboxylic acids is 1. The fourth-order valence-electron chi connectivity index (χ4n) is 2.02. The molecule has 2 N–H and O–H groups in total. The van der Waals surface area contributed by atoms with Gasteiger partial charge in [-0.3, -0.25) is 4.79 Å². The van der Waals surface area contributed by atoms with Gasteiger partial charge in [-0.15, -0.1) is 0 Å². The zero-order chi connectivity index (χ0) is 16.8. The van der Waals surface area contributed by atoms with Crippen LogP contribution in [-0.2, 0) is 11.3 Å². The van der Waals surface area contributed by atoms with Crippen LogP contribution in [-0.4, -0.2) is 33.9 Å². The molecule has 0 saturated heterocycles. The van der Waals surface area contributed by atoms with Crippen molar-refractivity contribution in [3.8, 4) is 0 Å². The molecule has 122 valence electrons. The molecule has 1 aromatic heterocycles. The molecule has 7 heteroatoms. The monoisotopic (exact) mass is 353 g/mol. The molecule has 5 nitrogen and oxygen atoms in total. The summed E-state index contributed by atoms with van der Waals surface area (Å²) in [7, 11) is 0. The second-order valence-electron chi connectivity index (χ2n) is 4.92. The molecule has 0 bridgehead atoms. The fourth-order valence-corrected chi connectivity index (χ4v) is 2.44. The molecule has 0 spiro atoms. The molecule has 2 rings (SSSR count). The number of aliphatic hydroxyl groups is 1. The third-order valence-corrected chi connectivity index (χ3v) is 3.82. The Hall–Kier alpha value is -1.82. The summed E-state index contributed by atoms with van der Waals surface area (Å²) in [5.41, 5.74) is 2.45. The summed E-state index contributed by atoms with van der Waals surface area (Å²) < 4.78 is 1.67. The first-order valence-electron chi connectivity index (χ1n) is 7.05. The van der Waals surface area contributed by atoms with Crippen LogP contribution in [0.3, 0.4) is 0 Å². The van der Waals surface area contributed by atoms with E-state index in [4.69, 9.17) is 28.3 Å². The first-order valence-corrected chi connectivity index (χ1v) is 7.81. The second kappa shape index (κ2) is 8.15. The lowest BCUT2D eigenvalue weighted by atomic mass is 10.2. The number of halogens is 2. The summed E-state index contributed by atoms with van der Waals surface area (Å²) in [6.07, 6.45) is 2.99. The van der Waals surface area contributed by atoms with Crippen molar-refractivity contribution in [1.29, 1.82) is 0 Å². The Morgan fingerprint density at radius 3 is 2.70 bits per heavy atom. The minimum absolute atomic E-state index is 0.0988. The molecular weight excluding hydrogens is 337 g/mol. The van der Waals surface area contributed by atoms with Crippen LogP contribution in [0.4, 0.5) is 0 Å². The summed E-state index contributed by atoms with van der Waals surface area (Å²) in [6.45, 7) is 2.46. The van der Waals surface area contributed by atoms with Crippen LogP contribution < -0.4 is 5.32 Å². The predicted molar refractivity (Wildman–Crippen MR) is 91.7 cm³/mol. The summed E-state index contributed by atoms with van der Waals surface area (Å²) in [4.78, 5) is 11.5. The maximum atomic E-state index is 11.5. The molecule has 1 amide bonds. The minimum atomic E-state index is -0.292. The van der Waals surface area contributed by atoms with Gasteiger partial charge in [0.1, 0.15) is 5.15 Å². The number of hydrogen-bond donors (Lipinski definition) is 2. The molecule has 0 atom stereocenters. The quantitative estimate of drug-likeness (QED) is 0.784. The van der Waals surface area contributed by atoms with Gasteiger partial charge in [0.25, 0.3) is 0 Å². The highest BCUT2D eigenvalue weighted by molar-refractivity contribution is 6.31. The van der Waals surface area contributed by atoms with Crippen molar-refractivity contribution in [3.63, 3.8) is 0 Å². The van der Waals surface area contributed by atoms with E-state index >= 15 is 0 Å². The zero-order valence-electron chi connectivity index (χ0n) is 12.6. The Kier molecular flexibility index (Phi) is 6.21. The lowest BCUT2D eigenvalue weighted by molar-refractivity contribution is -0.116. The molecule has 23 heavy (non-hydrogen) atoms. The number of hydrogen-bond acceptors (Lipinski definition) is 3. The Morgan fingerprint density at radius 1 is 1.35 bits per heavy atom. The Labute approximate surface area is 144 Å². The number of aryl methyl sites for hydroxylation is 1. The Balaban J connectivity index is 2.14. The molecular formula is C16H17Cl2N3O2. The molecule has 0 saturated carbocycles. The van der Waals surface area contributed by atoms with Crippen molar-refractivity contribution in [2.45, 2.75) is 13.5 Å². The van der Waals surface area contributed by atoms with Gasteiger partial charge in [0.15, 0.2) is 0 Å². The molecule has 1 heterocycles. The number of nitrogens with one attached hydrogen (secondary N) is 1. The average molecular weight is 354 g/mol. The lowest BCUT2D eigenvalue weighted by Crippen LogP contribution is -2.24. The van der Waals surface area contributed by atoms with E-state index in [1.54, 1.807) is 10.8 Å². The summed E-state index contributed by atoms with van der Waals surface area (Å²) in [5, 5.41) is 16.7. The van der Waals surface area contributed by atoms with Crippen molar-refractivity contribution in [2.24, 2.45) is 0 Å². The van der Waals surface area contributed by atoms with Gasteiger partial charge in [0, 0.05) is 23.2 Å². The highest BCUT2D eigenvalue weighted by Crippen LogP contribution is 2.22. The van der Waals surface area contributed by atoms with Crippen molar-refractivity contribution in [1.82, 2.24) is 15.1 Å². The number of carbonyl (C=O) groups is 1. The van der Waals surface area contributed by atoms with Crippen LogP contribution in [0.1, 0.15) is 16.8 Å². The van der Waals surface area contributed by atoms with Gasteiger partial charge in [-0.25, -0.2) is 4.68 Å². The van der Waals surface area contributed by atoms with Gasteiger partial charge in [-0.05, 0) is 30.7 Å². The van der Waals surface area contributed by atoms with Crippen molar-refractivity contribution < 1.29 is 9.90 Å². The van der Waals surface area contributed by atoms with Crippen LogP contribution in [0.15, 0.2) is 30.3 Å². The van der Waals surface area contributed by atoms with Gasteiger partial charge in [0.05, 0.1) is 18.8 Å². The summed E-state index contributed by atoms with van der Waals surface area (Å²) in [6, 6.07) is 7.45. The van der Waals surface area contributed by atoms with E-state index in [2.05, 4.69) is 10.4 Å². The van der Waals surface area contributed by atoms with Gasteiger partial charge in [0.2, 0.25) is 5.91 Å². The number of amides is 1. The van der Waals surface area contributed by atoms with Crippen molar-refractivity contribution in [2.75, 3.05) is 13.2 Å². The first kappa shape index (κ1) is 17.5. The number of aromatic nitrogens is 2. The maximum Gasteiger partial charge on any atom is 0.244 e. The topological polar surface area (TPSA) is 67.2 Å². The molecule has 1 aromatic carbocycles. The molecule has 0 aliphatic rings. The minimum Gasteiger partial charge on any atom is -0.395 e. The van der Waals surface area contributed by atoms with Gasteiger partial charge >= 0.3 is 0 Å². The van der Waals surface area contributed by atoms with Crippen LogP contribution >= 0.6 is 23.2 Å². The van der Waals surface area contributed by atoms with E-state index in [0.29, 0.717) is 22.3 Å². The highest BCUT2D eigenvalue weighted by Gasteiger charge is 2.11. The van der Waals surface area contributed by atoms with E-state index in [-0.39, 0.29) is 19.1 Å². The van der Waals surface area contributed by atoms with E-state index < -0.39 is 0 Å². The van der Waals surface area contributed by atoms with Gasteiger partial charge < -0.3 is 10.4 Å². The van der Waals surface area contributed by atoms with Crippen molar-refractivity contribution in [3.05, 3.63) is 57.3 Å². The summed E-state index contributed by atoms with van der Waals surface area (Å²) in [5.74, 6) is -0.292. The number of nitrogens with zero attached hydrogens (tertiary/aromatic N) is 2. The van der Waals surface area contributed by atoms with Gasteiger partial charge in [-0.1, -0.05) is 35.3 Å². The maximum absolute atomic E-state index is 11.5. The van der Waals surface area contributed by atoms with E-state index in [1.807, 2.05) is 31.2 Å². The highest BCUT2D eigenvalue weighted by atomic mass is 35.5. The average Bonchev–Trinajstić information content (AvgIpc) is 2.79. The summed E-state index contributed by atoms with van der Waals surface area (Å²) >= 11 is 12.2. The molecule has 0 fully saturated rings. The predicted octanol–water partition coefficient (Wildman–Crippen LogP) is 2.67. The van der Waals surface area contributed by atoms with E-state index in [9.17, 15) is 4.79 Å². The van der Waals surface area contributed by atoms with Crippen LogP contribution in [0, 0.1) is 6.92 Å². The van der Waals surface area contributed by atoms with E-state index in [1.165, 1.54) is 6.08 Å². The van der Waals surface area contributed by atoms with Crippen LogP contribution in [0.5, 0.6) is 0 Å². The van der Waals surface area contributed by atoms with Crippen molar-refractivity contribution >= 4 is 35.2 Å². The standard InChI is InChI=1S/C16H17Cl2N3O2/c1-11-14(6-7-15(23)19-8-9-22)16(18)21(20-11)10-12-2-4-13(17)5-3-12/h2-7,22H,8-10H2,1H3,(H,19,23)/b7-6+. The van der Waals surface area contributed by atoms with Crippen LogP contribution in [0.2, 0.25) is 10.2 Å². The molecule has 0 aliphatic heterocycles. The lowest BCUT2D eigenvalue weighted by Gasteiger charge is -2.03. The Bertz CT molecular complexity index is 709. The Morgan fingerprint density at radius 2 is 2.04 bits per heavy atom. The molecule has 0 radical (unpaired) electrons. The number of aliphatic hydroxyl groups excluding tert-OH is 1. The third kappa shape index (κ3) is 4.82. The number of benzene rings is 1. The largest absolute Gasteiger partial charge is 0.395 e. The first-order chi connectivity index (χ1) is 11.0. The fraction of sp³-hybridized carbons (Fsp3) is 0.250. The SMILES string of the molecule is Cc1nn(Cc2ccc(Cl)cc2)c(Cl)c1/C=C/C(=O)NCCO. The zero-order valence-corrected chi connectivity index (χ0v) is 14.1. The normalized spacial score (nSPS) is 11.1. The molecule has 0 unspecified atom stereocenters. The van der Waals surface area contributed by atoms with Crippen LogP contribution in [0.25, 0.3) is 6.08 Å². The smallest absolute Gasteiger partial charge is 0.244 e.